The summed E-state index contributed by atoms with van der Waals surface area (Å²) >= 11 is 0. The second-order valence-electron chi connectivity index (χ2n) is 5.43. The van der Waals surface area contributed by atoms with Crippen LogP contribution in [0.15, 0.2) is 36.7 Å². The SMILES string of the molecule is COc1ccc(-c2[nH]ncc2C2CC(=O)Nc3[nH]ncc32)cc1. The molecule has 1 amide bonds. The van der Waals surface area contributed by atoms with Crippen LogP contribution in [-0.2, 0) is 4.79 Å². The van der Waals surface area contributed by atoms with E-state index < -0.39 is 0 Å². The molecule has 23 heavy (non-hydrogen) atoms. The number of ether oxygens (including phenoxy) is 1. The van der Waals surface area contributed by atoms with Crippen LogP contribution in [-0.4, -0.2) is 33.4 Å². The van der Waals surface area contributed by atoms with E-state index in [9.17, 15) is 4.79 Å². The van der Waals surface area contributed by atoms with Gasteiger partial charge in [-0.15, -0.1) is 0 Å². The van der Waals surface area contributed by atoms with Gasteiger partial charge in [-0.3, -0.25) is 15.0 Å². The van der Waals surface area contributed by atoms with E-state index in [1.807, 2.05) is 24.3 Å². The number of hydrogen-bond acceptors (Lipinski definition) is 4. The highest BCUT2D eigenvalue weighted by atomic mass is 16.5. The Hall–Kier alpha value is -3.09. The van der Waals surface area contributed by atoms with E-state index >= 15 is 0 Å². The van der Waals surface area contributed by atoms with Crippen molar-refractivity contribution < 1.29 is 9.53 Å². The number of H-pyrrole nitrogens is 2. The highest BCUT2D eigenvalue weighted by Crippen LogP contribution is 2.39. The van der Waals surface area contributed by atoms with Crippen LogP contribution in [0, 0.1) is 0 Å². The van der Waals surface area contributed by atoms with Crippen molar-refractivity contribution in [3.63, 3.8) is 0 Å². The molecule has 7 heteroatoms. The maximum atomic E-state index is 12.0. The topological polar surface area (TPSA) is 95.7 Å². The number of carbonyl (C=O) groups excluding carboxylic acids is 1. The summed E-state index contributed by atoms with van der Waals surface area (Å²) in [4.78, 5) is 12.0. The number of nitrogens with one attached hydrogen (secondary N) is 3. The Kier molecular flexibility index (Phi) is 3.11. The third kappa shape index (κ3) is 2.26. The Morgan fingerprint density at radius 3 is 2.61 bits per heavy atom. The van der Waals surface area contributed by atoms with E-state index in [1.165, 1.54) is 0 Å². The van der Waals surface area contributed by atoms with Crippen LogP contribution in [0.1, 0.15) is 23.5 Å². The lowest BCUT2D eigenvalue weighted by Crippen LogP contribution is -2.23. The van der Waals surface area contributed by atoms with Gasteiger partial charge < -0.3 is 10.1 Å². The van der Waals surface area contributed by atoms with Crippen LogP contribution < -0.4 is 10.1 Å². The van der Waals surface area contributed by atoms with Gasteiger partial charge in [-0.1, -0.05) is 0 Å². The molecule has 4 rings (SSSR count). The summed E-state index contributed by atoms with van der Waals surface area (Å²) in [5, 5.41) is 16.9. The van der Waals surface area contributed by atoms with Crippen LogP contribution in [0.3, 0.4) is 0 Å². The lowest BCUT2D eigenvalue weighted by molar-refractivity contribution is -0.116. The van der Waals surface area contributed by atoms with E-state index in [0.29, 0.717) is 12.2 Å². The fourth-order valence-corrected chi connectivity index (χ4v) is 2.97. The summed E-state index contributed by atoms with van der Waals surface area (Å²) in [5.74, 6) is 1.35. The van der Waals surface area contributed by atoms with Gasteiger partial charge in [0.2, 0.25) is 5.91 Å². The number of fused-ring (bicyclic) bond motifs is 1. The Bertz CT molecular complexity index is 849. The highest BCUT2D eigenvalue weighted by molar-refractivity contribution is 5.94. The second-order valence-corrected chi connectivity index (χ2v) is 5.43. The van der Waals surface area contributed by atoms with Crippen LogP contribution >= 0.6 is 0 Å². The monoisotopic (exact) mass is 309 g/mol. The first-order valence-corrected chi connectivity index (χ1v) is 7.27. The summed E-state index contributed by atoms with van der Waals surface area (Å²) in [6.07, 6.45) is 3.90. The smallest absolute Gasteiger partial charge is 0.226 e. The minimum atomic E-state index is -0.0756. The molecule has 3 N–H and O–H groups in total. The maximum Gasteiger partial charge on any atom is 0.226 e. The standard InChI is InChI=1S/C16H15N5O2/c1-23-10-4-2-9(3-5-10)15-12(7-17-20-15)11-6-14(22)19-16-13(11)8-18-21-16/h2-5,7-8,11H,6H2,1H3,(H,17,20)(H2,18,19,21,22). The molecule has 0 aliphatic carbocycles. The summed E-state index contributed by atoms with van der Waals surface area (Å²) in [6, 6.07) is 7.73. The number of aromatic amines is 2. The van der Waals surface area contributed by atoms with Crippen LogP contribution in [0.5, 0.6) is 5.75 Å². The maximum absolute atomic E-state index is 12.0. The molecule has 1 atom stereocenters. The second kappa shape index (κ2) is 5.28. The zero-order valence-electron chi connectivity index (χ0n) is 12.5. The van der Waals surface area contributed by atoms with Crippen molar-refractivity contribution in [3.8, 4) is 17.0 Å². The predicted octanol–water partition coefficient (Wildman–Crippen LogP) is 2.28. The quantitative estimate of drug-likeness (QED) is 0.691. The first-order chi connectivity index (χ1) is 11.3. The van der Waals surface area contributed by atoms with Gasteiger partial charge in [0.1, 0.15) is 11.6 Å². The molecule has 116 valence electrons. The van der Waals surface area contributed by atoms with Crippen molar-refractivity contribution in [2.75, 3.05) is 12.4 Å². The normalized spacial score (nSPS) is 16.7. The third-order valence-electron chi connectivity index (χ3n) is 4.12. The zero-order chi connectivity index (χ0) is 15.8. The predicted molar refractivity (Wildman–Crippen MR) is 84.3 cm³/mol. The lowest BCUT2D eigenvalue weighted by atomic mass is 9.86. The van der Waals surface area contributed by atoms with Gasteiger partial charge in [0.05, 0.1) is 25.2 Å². The number of nitrogens with zero attached hydrogens (tertiary/aromatic N) is 2. The Morgan fingerprint density at radius 2 is 1.83 bits per heavy atom. The van der Waals surface area contributed by atoms with Crippen molar-refractivity contribution in [1.82, 2.24) is 20.4 Å². The number of rotatable bonds is 3. The Balaban J connectivity index is 1.77. The van der Waals surface area contributed by atoms with Gasteiger partial charge in [0.25, 0.3) is 0 Å². The summed E-state index contributed by atoms with van der Waals surface area (Å²) in [7, 11) is 1.64. The molecule has 1 aliphatic heterocycles. The molecule has 7 nitrogen and oxygen atoms in total. The number of anilines is 1. The lowest BCUT2D eigenvalue weighted by Gasteiger charge is -2.22. The van der Waals surface area contributed by atoms with Gasteiger partial charge in [-0.05, 0) is 24.3 Å². The molecule has 0 saturated heterocycles. The number of amides is 1. The van der Waals surface area contributed by atoms with Crippen molar-refractivity contribution in [2.24, 2.45) is 0 Å². The van der Waals surface area contributed by atoms with Gasteiger partial charge in [0.15, 0.2) is 0 Å². The van der Waals surface area contributed by atoms with Crippen molar-refractivity contribution in [2.45, 2.75) is 12.3 Å². The molecule has 2 aromatic heterocycles. The fraction of sp³-hybridized carbons (Fsp3) is 0.188. The van der Waals surface area contributed by atoms with E-state index in [1.54, 1.807) is 19.5 Å². The van der Waals surface area contributed by atoms with Gasteiger partial charge in [-0.25, -0.2) is 0 Å². The Labute approximate surface area is 132 Å². The number of carbonyl (C=O) groups is 1. The minimum Gasteiger partial charge on any atom is -0.497 e. The van der Waals surface area contributed by atoms with Gasteiger partial charge >= 0.3 is 0 Å². The number of hydrogen-bond donors (Lipinski definition) is 3. The number of methoxy groups -OCH3 is 1. The van der Waals surface area contributed by atoms with Crippen LogP contribution in [0.4, 0.5) is 5.82 Å². The molecule has 0 bridgehead atoms. The fourth-order valence-electron chi connectivity index (χ4n) is 2.97. The molecular weight excluding hydrogens is 294 g/mol. The third-order valence-corrected chi connectivity index (χ3v) is 4.12. The van der Waals surface area contributed by atoms with E-state index in [-0.39, 0.29) is 11.8 Å². The van der Waals surface area contributed by atoms with Crippen LogP contribution in [0.25, 0.3) is 11.3 Å². The zero-order valence-corrected chi connectivity index (χ0v) is 12.5. The van der Waals surface area contributed by atoms with Crippen molar-refractivity contribution in [3.05, 3.63) is 47.8 Å². The average Bonchev–Trinajstić information content (AvgIpc) is 3.23. The van der Waals surface area contributed by atoms with E-state index in [0.717, 1.165) is 28.1 Å². The number of benzene rings is 1. The van der Waals surface area contributed by atoms with Crippen molar-refractivity contribution in [1.29, 1.82) is 0 Å². The molecule has 0 saturated carbocycles. The number of aromatic nitrogens is 4. The molecule has 1 unspecified atom stereocenters. The highest BCUT2D eigenvalue weighted by Gasteiger charge is 2.30. The first kappa shape index (κ1) is 13.6. The van der Waals surface area contributed by atoms with Crippen molar-refractivity contribution >= 4 is 11.7 Å². The molecule has 0 spiro atoms. The summed E-state index contributed by atoms with van der Waals surface area (Å²) < 4.78 is 5.19. The molecule has 0 radical (unpaired) electrons. The molecular formula is C16H15N5O2. The summed E-state index contributed by atoms with van der Waals surface area (Å²) in [5.41, 5.74) is 3.85. The van der Waals surface area contributed by atoms with Crippen LogP contribution in [0.2, 0.25) is 0 Å². The summed E-state index contributed by atoms with van der Waals surface area (Å²) in [6.45, 7) is 0. The molecule has 3 heterocycles. The minimum absolute atomic E-state index is 0.0337. The first-order valence-electron chi connectivity index (χ1n) is 7.27. The van der Waals surface area contributed by atoms with E-state index in [4.69, 9.17) is 4.74 Å². The molecule has 0 fully saturated rings. The molecule has 1 aliphatic rings. The van der Waals surface area contributed by atoms with Gasteiger partial charge in [0, 0.05) is 29.0 Å². The molecule has 3 aromatic rings. The largest absolute Gasteiger partial charge is 0.497 e. The van der Waals surface area contributed by atoms with E-state index in [2.05, 4.69) is 25.7 Å². The van der Waals surface area contributed by atoms with Gasteiger partial charge in [-0.2, -0.15) is 10.2 Å². The Morgan fingerprint density at radius 1 is 1.09 bits per heavy atom. The average molecular weight is 309 g/mol. The molecule has 1 aromatic carbocycles.